The topological polar surface area (TPSA) is 106 Å². The van der Waals surface area contributed by atoms with Crippen LogP contribution >= 0.6 is 11.6 Å². The number of halogens is 1. The summed E-state index contributed by atoms with van der Waals surface area (Å²) in [5.41, 5.74) is 7.05. The highest BCUT2D eigenvalue weighted by Crippen LogP contribution is 2.47. The van der Waals surface area contributed by atoms with Crippen molar-refractivity contribution in [3.05, 3.63) is 41.0 Å². The maximum atomic E-state index is 12.2. The van der Waals surface area contributed by atoms with Crippen molar-refractivity contribution in [2.24, 2.45) is 23.0 Å². The SMILES string of the molecule is CC1(CC2CCCC(n3cc(C(N)=O)c(Nc4ccc(Cl)cc4)n3)C2CC#N)CCOCC1. The van der Waals surface area contributed by atoms with Crippen LogP contribution in [0.4, 0.5) is 11.5 Å². The maximum absolute atomic E-state index is 12.2. The summed E-state index contributed by atoms with van der Waals surface area (Å²) < 4.78 is 7.46. The molecule has 7 nitrogen and oxygen atoms in total. The molecular weight excluding hydrogens is 438 g/mol. The number of anilines is 2. The highest BCUT2D eigenvalue weighted by molar-refractivity contribution is 6.30. The van der Waals surface area contributed by atoms with Crippen LogP contribution in [0.15, 0.2) is 30.5 Å². The Bertz CT molecular complexity index is 1010. The number of ether oxygens (including phenoxy) is 1. The predicted octanol–water partition coefficient (Wildman–Crippen LogP) is 5.46. The molecule has 1 aliphatic heterocycles. The third-order valence-corrected chi connectivity index (χ3v) is 7.65. The Morgan fingerprint density at radius 1 is 1.33 bits per heavy atom. The van der Waals surface area contributed by atoms with Crippen LogP contribution in [0.1, 0.15) is 68.3 Å². The van der Waals surface area contributed by atoms with Crippen molar-refractivity contribution in [2.75, 3.05) is 18.5 Å². The van der Waals surface area contributed by atoms with E-state index in [1.807, 2.05) is 16.8 Å². The average Bonchev–Trinajstić information content (AvgIpc) is 3.21. The van der Waals surface area contributed by atoms with E-state index in [0.717, 1.165) is 57.4 Å². The fraction of sp³-hybridized carbons (Fsp3) is 0.560. The fourth-order valence-electron chi connectivity index (χ4n) is 5.53. The first kappa shape index (κ1) is 23.6. The zero-order valence-corrected chi connectivity index (χ0v) is 19.9. The van der Waals surface area contributed by atoms with Gasteiger partial charge in [0.15, 0.2) is 5.82 Å². The second kappa shape index (κ2) is 10.1. The van der Waals surface area contributed by atoms with Crippen molar-refractivity contribution in [1.29, 1.82) is 5.26 Å². The van der Waals surface area contributed by atoms with Crippen LogP contribution in [0, 0.1) is 28.6 Å². The van der Waals surface area contributed by atoms with Crippen LogP contribution in [0.2, 0.25) is 5.02 Å². The van der Waals surface area contributed by atoms with Crippen LogP contribution in [0.5, 0.6) is 0 Å². The van der Waals surface area contributed by atoms with Gasteiger partial charge in [-0.05, 0) is 73.6 Å². The first-order valence-electron chi connectivity index (χ1n) is 11.7. The van der Waals surface area contributed by atoms with Crippen LogP contribution in [-0.4, -0.2) is 28.9 Å². The van der Waals surface area contributed by atoms with E-state index in [9.17, 15) is 10.1 Å². The molecule has 1 amide bonds. The maximum Gasteiger partial charge on any atom is 0.254 e. The lowest BCUT2D eigenvalue weighted by atomic mass is 9.65. The number of primary amides is 1. The number of aromatic nitrogens is 2. The van der Waals surface area contributed by atoms with Gasteiger partial charge in [-0.25, -0.2) is 0 Å². The van der Waals surface area contributed by atoms with Crippen LogP contribution in [-0.2, 0) is 4.74 Å². The summed E-state index contributed by atoms with van der Waals surface area (Å²) in [4.78, 5) is 12.2. The standard InChI is InChI=1S/C25H32ClN5O2/c1-25(10-13-33-14-11-25)15-17-3-2-4-22(20(17)9-12-27)31-16-21(23(28)32)24(30-31)29-19-7-5-18(26)6-8-19/h5-8,16-17,20,22H,2-4,9-11,13-15H2,1H3,(H2,28,32)(H,29,30). The molecule has 33 heavy (non-hydrogen) atoms. The second-order valence-electron chi connectivity index (χ2n) is 9.78. The van der Waals surface area contributed by atoms with Gasteiger partial charge in [0.05, 0.1) is 12.1 Å². The number of amides is 1. The van der Waals surface area contributed by atoms with Gasteiger partial charge in [-0.3, -0.25) is 9.48 Å². The average molecular weight is 470 g/mol. The summed E-state index contributed by atoms with van der Waals surface area (Å²) in [6.45, 7) is 3.99. The highest BCUT2D eigenvalue weighted by atomic mass is 35.5. The third kappa shape index (κ3) is 5.51. The molecule has 176 valence electrons. The molecule has 8 heteroatoms. The second-order valence-corrected chi connectivity index (χ2v) is 10.2. The molecule has 2 heterocycles. The zero-order valence-electron chi connectivity index (χ0n) is 19.1. The Morgan fingerprint density at radius 2 is 2.06 bits per heavy atom. The van der Waals surface area contributed by atoms with E-state index in [1.54, 1.807) is 18.3 Å². The lowest BCUT2D eigenvalue weighted by Crippen LogP contribution is -2.36. The molecular formula is C25H32ClN5O2. The Balaban J connectivity index is 1.59. The number of nitrogens with one attached hydrogen (secondary N) is 1. The quantitative estimate of drug-likeness (QED) is 0.560. The molecule has 2 fully saturated rings. The van der Waals surface area contributed by atoms with Gasteiger partial charge < -0.3 is 15.8 Å². The minimum absolute atomic E-state index is 0.0608. The molecule has 1 aliphatic carbocycles. The van der Waals surface area contributed by atoms with Crippen LogP contribution < -0.4 is 11.1 Å². The van der Waals surface area contributed by atoms with E-state index in [2.05, 4.69) is 18.3 Å². The Morgan fingerprint density at radius 3 is 2.73 bits per heavy atom. The lowest BCUT2D eigenvalue weighted by molar-refractivity contribution is -0.00276. The molecule has 3 N–H and O–H groups in total. The van der Waals surface area contributed by atoms with E-state index >= 15 is 0 Å². The monoisotopic (exact) mass is 469 g/mol. The van der Waals surface area contributed by atoms with E-state index in [4.69, 9.17) is 27.2 Å². The van der Waals surface area contributed by atoms with E-state index in [0.29, 0.717) is 28.7 Å². The van der Waals surface area contributed by atoms with Gasteiger partial charge in [-0.15, -0.1) is 0 Å². The molecule has 0 radical (unpaired) electrons. The van der Waals surface area contributed by atoms with Crippen molar-refractivity contribution in [3.63, 3.8) is 0 Å². The van der Waals surface area contributed by atoms with Crippen molar-refractivity contribution >= 4 is 29.0 Å². The molecule has 3 atom stereocenters. The first-order chi connectivity index (χ1) is 15.9. The van der Waals surface area contributed by atoms with Crippen LogP contribution in [0.25, 0.3) is 0 Å². The minimum Gasteiger partial charge on any atom is -0.381 e. The van der Waals surface area contributed by atoms with Crippen LogP contribution in [0.3, 0.4) is 0 Å². The van der Waals surface area contributed by atoms with Gasteiger partial charge in [0, 0.05) is 36.5 Å². The molecule has 1 aromatic carbocycles. The molecule has 1 saturated carbocycles. The smallest absolute Gasteiger partial charge is 0.254 e. The molecule has 4 rings (SSSR count). The van der Waals surface area contributed by atoms with E-state index in [-0.39, 0.29) is 17.4 Å². The number of nitrogens with zero attached hydrogens (tertiary/aromatic N) is 3. The summed E-state index contributed by atoms with van der Waals surface area (Å²) in [7, 11) is 0. The molecule has 0 bridgehead atoms. The van der Waals surface area contributed by atoms with Crippen molar-refractivity contribution in [2.45, 2.75) is 57.9 Å². The number of carbonyl (C=O) groups excluding carboxylic acids is 1. The summed E-state index contributed by atoms with van der Waals surface area (Å²) in [6.07, 6.45) is 8.59. The summed E-state index contributed by atoms with van der Waals surface area (Å²) in [5, 5.41) is 18.2. The molecule has 3 unspecified atom stereocenters. The van der Waals surface area contributed by atoms with Crippen molar-refractivity contribution in [3.8, 4) is 6.07 Å². The summed E-state index contributed by atoms with van der Waals surface area (Å²) >= 11 is 5.99. The molecule has 2 aromatic rings. The summed E-state index contributed by atoms with van der Waals surface area (Å²) in [5.74, 6) is 0.531. The van der Waals surface area contributed by atoms with E-state index < -0.39 is 5.91 Å². The molecule has 1 aromatic heterocycles. The molecule has 2 aliphatic rings. The lowest BCUT2D eigenvalue weighted by Gasteiger charge is -2.43. The minimum atomic E-state index is -0.531. The Hall–Kier alpha value is -2.56. The number of benzene rings is 1. The van der Waals surface area contributed by atoms with Gasteiger partial charge >= 0.3 is 0 Å². The largest absolute Gasteiger partial charge is 0.381 e. The summed E-state index contributed by atoms with van der Waals surface area (Å²) in [6, 6.07) is 9.69. The number of hydrogen-bond donors (Lipinski definition) is 2. The van der Waals surface area contributed by atoms with Gasteiger partial charge in [0.2, 0.25) is 0 Å². The fourth-order valence-corrected chi connectivity index (χ4v) is 5.65. The number of nitrogens with two attached hydrogens (primary N) is 1. The predicted molar refractivity (Wildman–Crippen MR) is 128 cm³/mol. The number of carbonyl (C=O) groups is 1. The van der Waals surface area contributed by atoms with E-state index in [1.165, 1.54) is 0 Å². The molecule has 0 spiro atoms. The van der Waals surface area contributed by atoms with Gasteiger partial charge in [0.1, 0.15) is 5.56 Å². The molecule has 1 saturated heterocycles. The number of hydrogen-bond acceptors (Lipinski definition) is 5. The van der Waals surface area contributed by atoms with Gasteiger partial charge in [0.25, 0.3) is 5.91 Å². The number of rotatable bonds is 7. The first-order valence-corrected chi connectivity index (χ1v) is 12.1. The Kier molecular flexibility index (Phi) is 7.26. The number of nitriles is 1. The third-order valence-electron chi connectivity index (χ3n) is 7.40. The highest BCUT2D eigenvalue weighted by Gasteiger charge is 2.40. The zero-order chi connectivity index (χ0) is 23.4. The normalized spacial score (nSPS) is 24.7. The Labute approximate surface area is 200 Å². The van der Waals surface area contributed by atoms with Gasteiger partial charge in [-0.1, -0.05) is 24.9 Å². The van der Waals surface area contributed by atoms with Gasteiger partial charge in [-0.2, -0.15) is 10.4 Å². The van der Waals surface area contributed by atoms with Crippen molar-refractivity contribution in [1.82, 2.24) is 9.78 Å². The van der Waals surface area contributed by atoms with Crippen molar-refractivity contribution < 1.29 is 9.53 Å².